The highest BCUT2D eigenvalue weighted by atomic mass is 19.2. The molecule has 2 amide bonds. The van der Waals surface area contributed by atoms with Crippen molar-refractivity contribution in [1.29, 1.82) is 0 Å². The van der Waals surface area contributed by atoms with Crippen molar-refractivity contribution in [3.05, 3.63) is 35.1 Å². The zero-order valence-corrected chi connectivity index (χ0v) is 12.5. The van der Waals surface area contributed by atoms with Gasteiger partial charge in [-0.05, 0) is 36.5 Å². The first-order valence-electron chi connectivity index (χ1n) is 7.23. The fraction of sp³-hybridized carbons (Fsp3) is 0.533. The smallest absolute Gasteiger partial charge is 0.314 e. The van der Waals surface area contributed by atoms with Crippen molar-refractivity contribution in [2.45, 2.75) is 26.2 Å². The maximum absolute atomic E-state index is 13.0. The number of benzene rings is 1. The molecule has 0 saturated carbocycles. The second-order valence-corrected chi connectivity index (χ2v) is 5.05. The monoisotopic (exact) mass is 318 g/mol. The number of amides is 2. The highest BCUT2D eigenvalue weighted by Gasteiger charge is 2.11. The number of hydrogen-bond acceptors (Lipinski definition) is 2. The van der Waals surface area contributed by atoms with Crippen molar-refractivity contribution in [3.8, 4) is 0 Å². The minimum Gasteiger partial charge on any atom is -0.396 e. The SMILES string of the molecule is CCC(CCO)CNC(=O)NCCc1cc(F)c(F)c(F)c1. The summed E-state index contributed by atoms with van der Waals surface area (Å²) in [7, 11) is 0. The maximum atomic E-state index is 13.0. The van der Waals surface area contributed by atoms with E-state index in [-0.39, 0.29) is 37.1 Å². The topological polar surface area (TPSA) is 61.4 Å². The van der Waals surface area contributed by atoms with Gasteiger partial charge in [0.05, 0.1) is 0 Å². The van der Waals surface area contributed by atoms with Crippen molar-refractivity contribution in [3.63, 3.8) is 0 Å². The van der Waals surface area contributed by atoms with E-state index in [9.17, 15) is 18.0 Å². The molecular weight excluding hydrogens is 297 g/mol. The van der Waals surface area contributed by atoms with Crippen LogP contribution in [0.4, 0.5) is 18.0 Å². The molecule has 124 valence electrons. The number of aliphatic hydroxyl groups excluding tert-OH is 1. The van der Waals surface area contributed by atoms with Crippen LogP contribution in [-0.2, 0) is 6.42 Å². The van der Waals surface area contributed by atoms with Gasteiger partial charge < -0.3 is 15.7 Å². The van der Waals surface area contributed by atoms with E-state index < -0.39 is 17.5 Å². The molecule has 1 atom stereocenters. The average Bonchev–Trinajstić information content (AvgIpc) is 2.49. The number of halogens is 3. The molecule has 0 heterocycles. The van der Waals surface area contributed by atoms with Gasteiger partial charge in [-0.25, -0.2) is 18.0 Å². The lowest BCUT2D eigenvalue weighted by Crippen LogP contribution is -2.39. The second kappa shape index (κ2) is 9.30. The molecule has 1 aromatic carbocycles. The van der Waals surface area contributed by atoms with Crippen LogP contribution < -0.4 is 10.6 Å². The third-order valence-corrected chi connectivity index (χ3v) is 3.41. The summed E-state index contributed by atoms with van der Waals surface area (Å²) in [5.41, 5.74) is 0.267. The number of nitrogens with one attached hydrogen (secondary N) is 2. The van der Waals surface area contributed by atoms with Gasteiger partial charge in [0.25, 0.3) is 0 Å². The normalized spacial score (nSPS) is 12.0. The van der Waals surface area contributed by atoms with Gasteiger partial charge in [-0.15, -0.1) is 0 Å². The summed E-state index contributed by atoms with van der Waals surface area (Å²) < 4.78 is 38.8. The predicted octanol–water partition coefficient (Wildman–Crippen LogP) is 2.35. The molecule has 1 aromatic rings. The number of hydrogen-bond donors (Lipinski definition) is 3. The third kappa shape index (κ3) is 5.93. The Hall–Kier alpha value is -1.76. The highest BCUT2D eigenvalue weighted by molar-refractivity contribution is 5.73. The Morgan fingerprint density at radius 3 is 2.41 bits per heavy atom. The Balaban J connectivity index is 2.33. The van der Waals surface area contributed by atoms with E-state index in [1.807, 2.05) is 6.92 Å². The molecule has 0 saturated heterocycles. The Morgan fingerprint density at radius 1 is 1.23 bits per heavy atom. The predicted molar refractivity (Wildman–Crippen MR) is 76.9 cm³/mol. The molecule has 0 aliphatic carbocycles. The molecule has 0 fully saturated rings. The molecule has 0 aliphatic heterocycles. The van der Waals surface area contributed by atoms with E-state index in [2.05, 4.69) is 10.6 Å². The first kappa shape index (κ1) is 18.3. The van der Waals surface area contributed by atoms with Crippen LogP contribution in [0.15, 0.2) is 12.1 Å². The van der Waals surface area contributed by atoms with E-state index in [1.54, 1.807) is 0 Å². The summed E-state index contributed by atoms with van der Waals surface area (Å²) in [4.78, 5) is 11.6. The Bertz CT molecular complexity index is 475. The van der Waals surface area contributed by atoms with E-state index >= 15 is 0 Å². The summed E-state index contributed by atoms with van der Waals surface area (Å²) >= 11 is 0. The van der Waals surface area contributed by atoms with Gasteiger partial charge in [-0.2, -0.15) is 0 Å². The lowest BCUT2D eigenvalue weighted by molar-refractivity contribution is 0.231. The van der Waals surface area contributed by atoms with Gasteiger partial charge in [-0.1, -0.05) is 13.3 Å². The number of carbonyl (C=O) groups is 1. The van der Waals surface area contributed by atoms with Gasteiger partial charge in [0.2, 0.25) is 0 Å². The molecule has 1 unspecified atom stereocenters. The van der Waals surface area contributed by atoms with Crippen LogP contribution in [0.5, 0.6) is 0 Å². The van der Waals surface area contributed by atoms with Crippen LogP contribution in [0.3, 0.4) is 0 Å². The van der Waals surface area contributed by atoms with Gasteiger partial charge in [-0.3, -0.25) is 0 Å². The van der Waals surface area contributed by atoms with E-state index in [4.69, 9.17) is 5.11 Å². The maximum Gasteiger partial charge on any atom is 0.314 e. The van der Waals surface area contributed by atoms with E-state index in [0.29, 0.717) is 13.0 Å². The second-order valence-electron chi connectivity index (χ2n) is 5.05. The lowest BCUT2D eigenvalue weighted by atomic mass is 10.0. The summed E-state index contributed by atoms with van der Waals surface area (Å²) in [6.07, 6.45) is 1.65. The number of aliphatic hydroxyl groups is 1. The van der Waals surface area contributed by atoms with Crippen LogP contribution in [0, 0.1) is 23.4 Å². The zero-order valence-electron chi connectivity index (χ0n) is 12.5. The Kier molecular flexibility index (Phi) is 7.73. The molecular formula is C15H21F3N2O2. The minimum absolute atomic E-state index is 0.0729. The van der Waals surface area contributed by atoms with E-state index in [0.717, 1.165) is 18.6 Å². The summed E-state index contributed by atoms with van der Waals surface area (Å²) in [5.74, 6) is -3.77. The van der Waals surface area contributed by atoms with E-state index in [1.165, 1.54) is 0 Å². The zero-order chi connectivity index (χ0) is 16.5. The van der Waals surface area contributed by atoms with Crippen molar-refractivity contribution in [1.82, 2.24) is 10.6 Å². The standard InChI is InChI=1S/C15H21F3N2O2/c1-2-10(4-6-21)9-20-15(22)19-5-3-11-7-12(16)14(18)13(17)8-11/h7-8,10,21H,2-6,9H2,1H3,(H2,19,20,22). The number of rotatable bonds is 8. The summed E-state index contributed by atoms with van der Waals surface area (Å²) in [6, 6.07) is 1.43. The van der Waals surface area contributed by atoms with Crippen LogP contribution in [0.1, 0.15) is 25.3 Å². The van der Waals surface area contributed by atoms with Crippen LogP contribution in [-0.4, -0.2) is 30.8 Å². The van der Waals surface area contributed by atoms with Crippen molar-refractivity contribution < 1.29 is 23.1 Å². The summed E-state index contributed by atoms with van der Waals surface area (Å²) in [5, 5.41) is 14.1. The average molecular weight is 318 g/mol. The summed E-state index contributed by atoms with van der Waals surface area (Å²) in [6.45, 7) is 2.66. The van der Waals surface area contributed by atoms with Crippen LogP contribution >= 0.6 is 0 Å². The van der Waals surface area contributed by atoms with Crippen molar-refractivity contribution >= 4 is 6.03 Å². The molecule has 1 rings (SSSR count). The largest absolute Gasteiger partial charge is 0.396 e. The van der Waals surface area contributed by atoms with Crippen molar-refractivity contribution in [2.24, 2.45) is 5.92 Å². The first-order valence-corrected chi connectivity index (χ1v) is 7.23. The van der Waals surface area contributed by atoms with Gasteiger partial charge in [0.1, 0.15) is 0 Å². The number of urea groups is 1. The van der Waals surface area contributed by atoms with Crippen LogP contribution in [0.2, 0.25) is 0 Å². The fourth-order valence-electron chi connectivity index (χ4n) is 2.01. The quantitative estimate of drug-likeness (QED) is 0.644. The molecule has 22 heavy (non-hydrogen) atoms. The van der Waals surface area contributed by atoms with Crippen molar-refractivity contribution in [2.75, 3.05) is 19.7 Å². The Labute approximate surface area is 127 Å². The van der Waals surface area contributed by atoms with Crippen LogP contribution in [0.25, 0.3) is 0 Å². The first-order chi connectivity index (χ1) is 10.5. The van der Waals surface area contributed by atoms with Gasteiger partial charge >= 0.3 is 6.03 Å². The van der Waals surface area contributed by atoms with Gasteiger partial charge in [0, 0.05) is 19.7 Å². The molecule has 0 radical (unpaired) electrons. The third-order valence-electron chi connectivity index (χ3n) is 3.41. The molecule has 0 bridgehead atoms. The lowest BCUT2D eigenvalue weighted by Gasteiger charge is -2.14. The fourth-order valence-corrected chi connectivity index (χ4v) is 2.01. The molecule has 4 nitrogen and oxygen atoms in total. The molecule has 3 N–H and O–H groups in total. The molecule has 0 aliphatic rings. The minimum atomic E-state index is -1.50. The highest BCUT2D eigenvalue weighted by Crippen LogP contribution is 2.13. The van der Waals surface area contributed by atoms with Gasteiger partial charge in [0.15, 0.2) is 17.5 Å². The Morgan fingerprint density at radius 2 is 1.86 bits per heavy atom. The molecule has 7 heteroatoms. The molecule has 0 spiro atoms. The number of carbonyl (C=O) groups excluding carboxylic acids is 1. The molecule has 0 aromatic heterocycles.